The van der Waals surface area contributed by atoms with Crippen LogP contribution in [0.15, 0.2) is 18.2 Å². The molecule has 1 N–H and O–H groups in total. The summed E-state index contributed by atoms with van der Waals surface area (Å²) in [5.41, 5.74) is 0.730. The summed E-state index contributed by atoms with van der Waals surface area (Å²) in [5, 5.41) is 20.3. The molecule has 0 aliphatic rings. The van der Waals surface area contributed by atoms with Gasteiger partial charge in [0.05, 0.1) is 12.0 Å². The van der Waals surface area contributed by atoms with Crippen molar-refractivity contribution in [2.24, 2.45) is 0 Å². The molecule has 0 aromatic heterocycles. The Hall–Kier alpha value is -1.95. The fourth-order valence-electron chi connectivity index (χ4n) is 1.57. The Kier molecular flexibility index (Phi) is 4.17. The van der Waals surface area contributed by atoms with E-state index in [2.05, 4.69) is 4.74 Å². The van der Waals surface area contributed by atoms with Crippen LogP contribution in [0.25, 0.3) is 0 Å². The van der Waals surface area contributed by atoms with E-state index >= 15 is 0 Å². The number of methoxy groups -OCH3 is 1. The number of nitro groups is 1. The second-order valence-corrected chi connectivity index (χ2v) is 3.58. The van der Waals surface area contributed by atoms with Crippen molar-refractivity contribution < 1.29 is 19.6 Å². The standard InChI is InChI=1S/C11H13NO5/c1-7-4-3-5-8(10(7)12(15)16)6-9(13)11(14)17-2/h3-5,9,13H,6H2,1-2H3. The number of esters is 1. The fraction of sp³-hybridized carbons (Fsp3) is 0.364. The number of hydrogen-bond donors (Lipinski definition) is 1. The third kappa shape index (κ3) is 3.01. The van der Waals surface area contributed by atoms with Crippen molar-refractivity contribution in [1.29, 1.82) is 0 Å². The molecule has 92 valence electrons. The van der Waals surface area contributed by atoms with Crippen molar-refractivity contribution in [1.82, 2.24) is 0 Å². The largest absolute Gasteiger partial charge is 0.467 e. The summed E-state index contributed by atoms with van der Waals surface area (Å²) in [6.07, 6.45) is -1.52. The van der Waals surface area contributed by atoms with Crippen molar-refractivity contribution in [2.75, 3.05) is 7.11 Å². The number of benzene rings is 1. The Morgan fingerprint density at radius 2 is 2.24 bits per heavy atom. The molecule has 0 heterocycles. The zero-order valence-electron chi connectivity index (χ0n) is 9.54. The lowest BCUT2D eigenvalue weighted by Crippen LogP contribution is -2.24. The van der Waals surface area contributed by atoms with E-state index < -0.39 is 17.0 Å². The summed E-state index contributed by atoms with van der Waals surface area (Å²) in [6.45, 7) is 1.60. The van der Waals surface area contributed by atoms with E-state index in [0.717, 1.165) is 7.11 Å². The van der Waals surface area contributed by atoms with Gasteiger partial charge in [-0.25, -0.2) is 4.79 Å². The molecule has 1 unspecified atom stereocenters. The summed E-state index contributed by atoms with van der Waals surface area (Å²) in [5.74, 6) is -0.805. The lowest BCUT2D eigenvalue weighted by Gasteiger charge is -2.09. The van der Waals surface area contributed by atoms with E-state index in [9.17, 15) is 20.0 Å². The highest BCUT2D eigenvalue weighted by molar-refractivity contribution is 5.74. The number of ether oxygens (including phenoxy) is 1. The van der Waals surface area contributed by atoms with Gasteiger partial charge in [0.1, 0.15) is 0 Å². The van der Waals surface area contributed by atoms with E-state index in [0.29, 0.717) is 11.1 Å². The Labute approximate surface area is 98.0 Å². The lowest BCUT2D eigenvalue weighted by atomic mass is 10.0. The maximum absolute atomic E-state index is 11.0. The van der Waals surface area contributed by atoms with E-state index in [1.54, 1.807) is 19.1 Å². The smallest absolute Gasteiger partial charge is 0.335 e. The molecule has 0 bridgehead atoms. The maximum Gasteiger partial charge on any atom is 0.335 e. The number of nitro benzene ring substituents is 1. The normalized spacial score (nSPS) is 11.9. The highest BCUT2D eigenvalue weighted by atomic mass is 16.6. The van der Waals surface area contributed by atoms with Crippen molar-refractivity contribution in [3.63, 3.8) is 0 Å². The third-order valence-electron chi connectivity index (χ3n) is 2.39. The number of rotatable bonds is 4. The second kappa shape index (κ2) is 5.40. The molecular weight excluding hydrogens is 226 g/mol. The molecule has 0 radical (unpaired) electrons. The Balaban J connectivity index is 3.02. The Morgan fingerprint density at radius 1 is 1.59 bits per heavy atom. The van der Waals surface area contributed by atoms with Crippen LogP contribution in [0, 0.1) is 17.0 Å². The molecule has 0 fully saturated rings. The van der Waals surface area contributed by atoms with Crippen LogP contribution < -0.4 is 0 Å². The van der Waals surface area contributed by atoms with Crippen LogP contribution in [0.5, 0.6) is 0 Å². The number of nitrogens with zero attached hydrogens (tertiary/aromatic N) is 1. The molecule has 0 spiro atoms. The maximum atomic E-state index is 11.0. The SMILES string of the molecule is COC(=O)C(O)Cc1cccc(C)c1[N+](=O)[O-]. The van der Waals surface area contributed by atoms with Gasteiger partial charge >= 0.3 is 5.97 Å². The van der Waals surface area contributed by atoms with E-state index in [-0.39, 0.29) is 12.1 Å². The van der Waals surface area contributed by atoms with Gasteiger partial charge in [-0.15, -0.1) is 0 Å². The summed E-state index contributed by atoms with van der Waals surface area (Å²) >= 11 is 0. The lowest BCUT2D eigenvalue weighted by molar-refractivity contribution is -0.386. The molecule has 1 aromatic carbocycles. The second-order valence-electron chi connectivity index (χ2n) is 3.58. The molecule has 0 amide bonds. The van der Waals surface area contributed by atoms with E-state index in [1.807, 2.05) is 0 Å². The first-order chi connectivity index (χ1) is 7.97. The van der Waals surface area contributed by atoms with Crippen molar-refractivity contribution in [3.05, 3.63) is 39.4 Å². The van der Waals surface area contributed by atoms with Crippen LogP contribution in [-0.2, 0) is 16.0 Å². The first kappa shape index (κ1) is 13.1. The quantitative estimate of drug-likeness (QED) is 0.480. The fourth-order valence-corrected chi connectivity index (χ4v) is 1.57. The monoisotopic (exact) mass is 239 g/mol. The minimum Gasteiger partial charge on any atom is -0.467 e. The highest BCUT2D eigenvalue weighted by Crippen LogP contribution is 2.24. The van der Waals surface area contributed by atoms with Gasteiger partial charge in [-0.05, 0) is 6.92 Å². The molecule has 0 saturated carbocycles. The first-order valence-corrected chi connectivity index (χ1v) is 4.96. The highest BCUT2D eigenvalue weighted by Gasteiger charge is 2.23. The van der Waals surface area contributed by atoms with Crippen molar-refractivity contribution in [2.45, 2.75) is 19.4 Å². The van der Waals surface area contributed by atoms with Crippen LogP contribution in [0.2, 0.25) is 0 Å². The average molecular weight is 239 g/mol. The number of aliphatic hydroxyl groups excluding tert-OH is 1. The Bertz CT molecular complexity index is 443. The average Bonchev–Trinajstić information content (AvgIpc) is 2.27. The molecule has 1 atom stereocenters. The van der Waals surface area contributed by atoms with Crippen LogP contribution in [0.4, 0.5) is 5.69 Å². The van der Waals surface area contributed by atoms with Crippen LogP contribution in [0.1, 0.15) is 11.1 Å². The molecule has 1 rings (SSSR count). The summed E-state index contributed by atoms with van der Waals surface area (Å²) in [6, 6.07) is 4.76. The molecule has 0 saturated heterocycles. The number of aryl methyl sites for hydroxylation is 1. The minimum absolute atomic E-state index is 0.0737. The molecular formula is C11H13NO5. The zero-order chi connectivity index (χ0) is 13.0. The van der Waals surface area contributed by atoms with Gasteiger partial charge in [-0.2, -0.15) is 0 Å². The molecule has 17 heavy (non-hydrogen) atoms. The summed E-state index contributed by atoms with van der Waals surface area (Å²) in [7, 11) is 1.15. The van der Waals surface area contributed by atoms with E-state index in [1.165, 1.54) is 6.07 Å². The van der Waals surface area contributed by atoms with Gasteiger partial charge < -0.3 is 9.84 Å². The van der Waals surface area contributed by atoms with Gasteiger partial charge in [0.25, 0.3) is 5.69 Å². The van der Waals surface area contributed by atoms with Gasteiger partial charge in [0.2, 0.25) is 0 Å². The van der Waals surface area contributed by atoms with Gasteiger partial charge in [-0.3, -0.25) is 10.1 Å². The van der Waals surface area contributed by atoms with Gasteiger partial charge in [-0.1, -0.05) is 18.2 Å². The molecule has 0 aliphatic carbocycles. The number of para-hydroxylation sites is 1. The zero-order valence-corrected chi connectivity index (χ0v) is 9.54. The van der Waals surface area contributed by atoms with Gasteiger partial charge in [0, 0.05) is 17.5 Å². The summed E-state index contributed by atoms with van der Waals surface area (Å²) < 4.78 is 4.36. The predicted octanol–water partition coefficient (Wildman–Crippen LogP) is 0.980. The number of carbonyl (C=O) groups excluding carboxylic acids is 1. The Morgan fingerprint density at radius 3 is 2.76 bits per heavy atom. The molecule has 6 heteroatoms. The summed E-state index contributed by atoms with van der Waals surface area (Å²) in [4.78, 5) is 21.4. The van der Waals surface area contributed by atoms with Crippen LogP contribution in [-0.4, -0.2) is 29.2 Å². The van der Waals surface area contributed by atoms with Gasteiger partial charge in [0.15, 0.2) is 6.10 Å². The molecule has 0 aliphatic heterocycles. The van der Waals surface area contributed by atoms with Crippen LogP contribution in [0.3, 0.4) is 0 Å². The first-order valence-electron chi connectivity index (χ1n) is 4.96. The van der Waals surface area contributed by atoms with Crippen molar-refractivity contribution >= 4 is 11.7 Å². The molecule has 1 aromatic rings. The third-order valence-corrected chi connectivity index (χ3v) is 2.39. The number of carbonyl (C=O) groups is 1. The number of hydrogen-bond acceptors (Lipinski definition) is 5. The topological polar surface area (TPSA) is 89.7 Å². The molecule has 6 nitrogen and oxygen atoms in total. The number of aliphatic hydroxyl groups is 1. The van der Waals surface area contributed by atoms with E-state index in [4.69, 9.17) is 0 Å². The predicted molar refractivity (Wildman–Crippen MR) is 59.6 cm³/mol. The minimum atomic E-state index is -1.39. The van der Waals surface area contributed by atoms with Crippen LogP contribution >= 0.6 is 0 Å². The van der Waals surface area contributed by atoms with Crippen molar-refractivity contribution in [3.8, 4) is 0 Å².